The first-order valence-electron chi connectivity index (χ1n) is 8.92. The quantitative estimate of drug-likeness (QED) is 0.634. The van der Waals surface area contributed by atoms with Gasteiger partial charge in [-0.1, -0.05) is 6.07 Å². The van der Waals surface area contributed by atoms with E-state index in [1.165, 1.54) is 11.0 Å². The van der Waals surface area contributed by atoms with Gasteiger partial charge in [-0.05, 0) is 43.2 Å². The highest BCUT2D eigenvalue weighted by molar-refractivity contribution is 5.98. The average Bonchev–Trinajstić information content (AvgIpc) is 2.95. The maximum atomic E-state index is 12.6. The second-order valence-corrected chi connectivity index (χ2v) is 7.08. The van der Waals surface area contributed by atoms with Crippen LogP contribution in [-0.4, -0.2) is 48.3 Å². The second-order valence-electron chi connectivity index (χ2n) is 7.08. The first-order valence-corrected chi connectivity index (χ1v) is 8.92. The molecule has 2 aromatic rings. The van der Waals surface area contributed by atoms with E-state index in [2.05, 4.69) is 5.32 Å². The van der Waals surface area contributed by atoms with Gasteiger partial charge in [-0.3, -0.25) is 19.7 Å². The molecule has 0 bridgehead atoms. The number of anilines is 2. The van der Waals surface area contributed by atoms with Crippen LogP contribution < -0.4 is 10.2 Å². The molecule has 0 aliphatic carbocycles. The third kappa shape index (κ3) is 3.95. The van der Waals surface area contributed by atoms with Crippen LogP contribution in [-0.2, 0) is 11.2 Å². The summed E-state index contributed by atoms with van der Waals surface area (Å²) in [6, 6.07) is 11.6. The summed E-state index contributed by atoms with van der Waals surface area (Å²) < 4.78 is 0. The monoisotopic (exact) mass is 382 g/mol. The van der Waals surface area contributed by atoms with Crippen molar-refractivity contribution in [3.8, 4) is 0 Å². The van der Waals surface area contributed by atoms with Crippen LogP contribution in [0.4, 0.5) is 17.1 Å². The van der Waals surface area contributed by atoms with Crippen LogP contribution in [0.25, 0.3) is 0 Å². The summed E-state index contributed by atoms with van der Waals surface area (Å²) in [7, 11) is 3.34. The summed E-state index contributed by atoms with van der Waals surface area (Å²) in [5.74, 6) is -0.354. The number of non-ortho nitro benzene ring substituents is 1. The molecule has 0 saturated heterocycles. The molecule has 1 unspecified atom stereocenters. The summed E-state index contributed by atoms with van der Waals surface area (Å²) in [6.45, 7) is 2.10. The number of nitrogens with zero attached hydrogens (tertiary/aromatic N) is 3. The number of hydrogen-bond donors (Lipinski definition) is 1. The third-order valence-electron chi connectivity index (χ3n) is 4.74. The standard InChI is InChI=1S/C20H22N4O4/c1-13-9-15-11-17(24(27)28)7-8-18(15)23(13)12-19(25)21-16-6-4-5-14(10-16)20(26)22(2)3/h4-8,10-11,13H,9,12H2,1-3H3,(H,21,25). The van der Waals surface area contributed by atoms with Crippen LogP contribution in [0.1, 0.15) is 22.8 Å². The summed E-state index contributed by atoms with van der Waals surface area (Å²) >= 11 is 0. The largest absolute Gasteiger partial charge is 0.359 e. The fraction of sp³-hybridized carbons (Fsp3) is 0.300. The normalized spacial score (nSPS) is 15.1. The van der Waals surface area contributed by atoms with Crippen molar-refractivity contribution in [1.29, 1.82) is 0 Å². The summed E-state index contributed by atoms with van der Waals surface area (Å²) in [5, 5.41) is 13.8. The molecule has 8 heteroatoms. The molecule has 3 rings (SSSR count). The van der Waals surface area contributed by atoms with E-state index in [4.69, 9.17) is 0 Å². The highest BCUT2D eigenvalue weighted by Gasteiger charge is 2.29. The van der Waals surface area contributed by atoms with Crippen molar-refractivity contribution in [2.75, 3.05) is 30.9 Å². The summed E-state index contributed by atoms with van der Waals surface area (Å²) in [5.41, 5.74) is 2.81. The van der Waals surface area contributed by atoms with E-state index in [1.54, 1.807) is 50.5 Å². The zero-order valence-electron chi connectivity index (χ0n) is 16.0. The van der Waals surface area contributed by atoms with Crippen LogP contribution in [0.15, 0.2) is 42.5 Å². The Morgan fingerprint density at radius 2 is 2.00 bits per heavy atom. The van der Waals surface area contributed by atoms with Gasteiger partial charge >= 0.3 is 0 Å². The lowest BCUT2D eigenvalue weighted by Gasteiger charge is -2.24. The number of hydrogen-bond acceptors (Lipinski definition) is 5. The Morgan fingerprint density at radius 3 is 2.68 bits per heavy atom. The van der Waals surface area contributed by atoms with Gasteiger partial charge in [0.25, 0.3) is 11.6 Å². The molecule has 28 heavy (non-hydrogen) atoms. The van der Waals surface area contributed by atoms with Gasteiger partial charge in [0.05, 0.1) is 11.5 Å². The fourth-order valence-corrected chi connectivity index (χ4v) is 3.38. The van der Waals surface area contributed by atoms with Crippen molar-refractivity contribution >= 4 is 28.9 Å². The fourth-order valence-electron chi connectivity index (χ4n) is 3.38. The molecule has 1 N–H and O–H groups in total. The molecule has 2 aromatic carbocycles. The van der Waals surface area contributed by atoms with E-state index in [-0.39, 0.29) is 30.1 Å². The van der Waals surface area contributed by atoms with Crippen LogP contribution in [0.2, 0.25) is 0 Å². The number of fused-ring (bicyclic) bond motifs is 1. The molecule has 146 valence electrons. The van der Waals surface area contributed by atoms with E-state index in [0.29, 0.717) is 17.7 Å². The average molecular weight is 382 g/mol. The number of carbonyl (C=O) groups is 2. The SMILES string of the molecule is CC1Cc2cc([N+](=O)[O-])ccc2N1CC(=O)Nc1cccc(C(=O)N(C)C)c1. The molecule has 1 heterocycles. The predicted octanol–water partition coefficient (Wildman–Crippen LogP) is 2.69. The number of carbonyl (C=O) groups excluding carboxylic acids is 2. The number of nitro groups is 1. The lowest BCUT2D eigenvalue weighted by molar-refractivity contribution is -0.384. The summed E-state index contributed by atoms with van der Waals surface area (Å²) in [4.78, 5) is 38.6. The number of amides is 2. The van der Waals surface area contributed by atoms with E-state index in [0.717, 1.165) is 11.3 Å². The number of nitrogens with one attached hydrogen (secondary N) is 1. The lowest BCUT2D eigenvalue weighted by Crippen LogP contribution is -2.37. The van der Waals surface area contributed by atoms with E-state index < -0.39 is 4.92 Å². The minimum Gasteiger partial charge on any atom is -0.359 e. The van der Waals surface area contributed by atoms with Crippen LogP contribution >= 0.6 is 0 Å². The Hall–Kier alpha value is -3.42. The first-order chi connectivity index (χ1) is 13.3. The van der Waals surface area contributed by atoms with E-state index in [9.17, 15) is 19.7 Å². The topological polar surface area (TPSA) is 95.8 Å². The number of benzene rings is 2. The number of nitro benzene ring substituents is 1. The first kappa shape index (κ1) is 19.3. The molecule has 0 fully saturated rings. The van der Waals surface area contributed by atoms with Gasteiger partial charge in [0, 0.05) is 49.2 Å². The van der Waals surface area contributed by atoms with Gasteiger partial charge in [0.1, 0.15) is 0 Å². The van der Waals surface area contributed by atoms with Gasteiger partial charge in [-0.25, -0.2) is 0 Å². The predicted molar refractivity (Wildman–Crippen MR) is 107 cm³/mol. The van der Waals surface area contributed by atoms with Crippen LogP contribution in [0.3, 0.4) is 0 Å². The molecule has 0 saturated carbocycles. The molecule has 0 aromatic heterocycles. The Labute approximate surface area is 162 Å². The van der Waals surface area contributed by atoms with Crippen molar-refractivity contribution < 1.29 is 14.5 Å². The van der Waals surface area contributed by atoms with Gasteiger partial charge in [0.15, 0.2) is 0 Å². The van der Waals surface area contributed by atoms with Gasteiger partial charge in [0.2, 0.25) is 5.91 Å². The molecule has 1 aliphatic heterocycles. The van der Waals surface area contributed by atoms with Crippen molar-refractivity contribution in [1.82, 2.24) is 4.90 Å². The van der Waals surface area contributed by atoms with Crippen LogP contribution in [0, 0.1) is 10.1 Å². The minimum atomic E-state index is -0.414. The molecular formula is C20H22N4O4. The number of rotatable bonds is 5. The summed E-state index contributed by atoms with van der Waals surface area (Å²) in [6.07, 6.45) is 0.650. The highest BCUT2D eigenvalue weighted by atomic mass is 16.6. The molecule has 2 amide bonds. The molecule has 0 radical (unpaired) electrons. The molecular weight excluding hydrogens is 360 g/mol. The maximum absolute atomic E-state index is 12.6. The second kappa shape index (κ2) is 7.67. The lowest BCUT2D eigenvalue weighted by atomic mass is 10.1. The van der Waals surface area contributed by atoms with Crippen molar-refractivity contribution in [3.05, 3.63) is 63.7 Å². The molecule has 0 spiro atoms. The van der Waals surface area contributed by atoms with E-state index in [1.807, 2.05) is 11.8 Å². The Bertz CT molecular complexity index is 942. The van der Waals surface area contributed by atoms with Gasteiger partial charge in [-0.15, -0.1) is 0 Å². The van der Waals surface area contributed by atoms with Gasteiger partial charge in [-0.2, -0.15) is 0 Å². The molecule has 8 nitrogen and oxygen atoms in total. The third-order valence-corrected chi connectivity index (χ3v) is 4.74. The zero-order valence-corrected chi connectivity index (χ0v) is 16.0. The van der Waals surface area contributed by atoms with Crippen LogP contribution in [0.5, 0.6) is 0 Å². The van der Waals surface area contributed by atoms with E-state index >= 15 is 0 Å². The van der Waals surface area contributed by atoms with Crippen molar-refractivity contribution in [2.45, 2.75) is 19.4 Å². The van der Waals surface area contributed by atoms with Gasteiger partial charge < -0.3 is 15.1 Å². The minimum absolute atomic E-state index is 0.0552. The molecule has 1 aliphatic rings. The Morgan fingerprint density at radius 1 is 1.25 bits per heavy atom. The Kier molecular flexibility index (Phi) is 5.30. The molecule has 1 atom stereocenters. The highest BCUT2D eigenvalue weighted by Crippen LogP contribution is 2.34. The zero-order chi connectivity index (χ0) is 20.4. The smallest absolute Gasteiger partial charge is 0.269 e. The Balaban J connectivity index is 1.72. The van der Waals surface area contributed by atoms with Crippen molar-refractivity contribution in [3.63, 3.8) is 0 Å². The van der Waals surface area contributed by atoms with Crippen molar-refractivity contribution in [2.24, 2.45) is 0 Å². The maximum Gasteiger partial charge on any atom is 0.269 e.